The Morgan fingerprint density at radius 1 is 1.52 bits per heavy atom. The molecule has 2 heterocycles. The highest BCUT2D eigenvalue weighted by Crippen LogP contribution is 2.37. The second-order valence-electron chi connectivity index (χ2n) is 6.31. The smallest absolute Gasteiger partial charge is 0.414 e. The van der Waals surface area contributed by atoms with E-state index in [2.05, 4.69) is 5.32 Å². The Morgan fingerprint density at radius 2 is 2.32 bits per heavy atom. The van der Waals surface area contributed by atoms with E-state index in [1.165, 1.54) is 29.7 Å². The molecule has 3 rings (SSSR count). The number of anilines is 1. The molecule has 2 amide bonds. The Morgan fingerprint density at radius 3 is 3.00 bits per heavy atom. The van der Waals surface area contributed by atoms with Crippen molar-refractivity contribution < 1.29 is 23.8 Å². The van der Waals surface area contributed by atoms with Crippen molar-refractivity contribution in [1.29, 1.82) is 0 Å². The molecule has 25 heavy (non-hydrogen) atoms. The molecule has 0 aliphatic carbocycles. The second kappa shape index (κ2) is 7.61. The normalized spacial score (nSPS) is 26.4. The SMILES string of the molecule is CC(=O)NCC1CN(c2ccc([C@H]3CCSC(O)C3)c(F)c2)C(=O)O1. The van der Waals surface area contributed by atoms with Gasteiger partial charge < -0.3 is 15.2 Å². The summed E-state index contributed by atoms with van der Waals surface area (Å²) in [5, 5.41) is 12.4. The third-order valence-corrected chi connectivity index (χ3v) is 5.50. The monoisotopic (exact) mass is 368 g/mol. The van der Waals surface area contributed by atoms with Gasteiger partial charge in [0.25, 0.3) is 0 Å². The van der Waals surface area contributed by atoms with Crippen molar-refractivity contribution in [3.8, 4) is 0 Å². The predicted octanol–water partition coefficient (Wildman–Crippen LogP) is 2.22. The van der Waals surface area contributed by atoms with Gasteiger partial charge in [-0.25, -0.2) is 9.18 Å². The van der Waals surface area contributed by atoms with E-state index in [9.17, 15) is 19.1 Å². The highest BCUT2D eigenvalue weighted by atomic mass is 32.2. The van der Waals surface area contributed by atoms with Crippen LogP contribution >= 0.6 is 11.8 Å². The van der Waals surface area contributed by atoms with Crippen molar-refractivity contribution in [1.82, 2.24) is 5.32 Å². The highest BCUT2D eigenvalue weighted by Gasteiger charge is 2.33. The molecule has 2 aliphatic rings. The van der Waals surface area contributed by atoms with Gasteiger partial charge in [0.1, 0.15) is 11.9 Å². The van der Waals surface area contributed by atoms with Crippen molar-refractivity contribution in [2.24, 2.45) is 0 Å². The third kappa shape index (κ3) is 4.24. The van der Waals surface area contributed by atoms with Crippen LogP contribution in [-0.2, 0) is 9.53 Å². The van der Waals surface area contributed by atoms with E-state index in [0.717, 1.165) is 12.2 Å². The summed E-state index contributed by atoms with van der Waals surface area (Å²) in [6, 6.07) is 4.73. The minimum atomic E-state index is -0.549. The van der Waals surface area contributed by atoms with Gasteiger partial charge in [0, 0.05) is 6.92 Å². The molecular formula is C17H21FN2O4S. The molecule has 1 aromatic carbocycles. The van der Waals surface area contributed by atoms with E-state index in [4.69, 9.17) is 4.74 Å². The number of benzene rings is 1. The standard InChI is InChI=1S/C17H21FN2O4S/c1-10(21)19-8-13-9-20(17(23)24-13)12-2-3-14(15(18)7-12)11-4-5-25-16(22)6-11/h2-3,7,11,13,16,22H,4-6,8-9H2,1H3,(H,19,21)/t11-,13?,16?/m0/s1. The van der Waals surface area contributed by atoms with Gasteiger partial charge >= 0.3 is 6.09 Å². The Labute approximate surface area is 149 Å². The molecule has 8 heteroatoms. The average Bonchev–Trinajstić information content (AvgIpc) is 2.94. The van der Waals surface area contributed by atoms with Crippen LogP contribution in [0.5, 0.6) is 0 Å². The van der Waals surface area contributed by atoms with Crippen LogP contribution in [-0.4, -0.2) is 47.5 Å². The average molecular weight is 368 g/mol. The molecule has 0 saturated carbocycles. The summed E-state index contributed by atoms with van der Waals surface area (Å²) in [6.45, 7) is 1.88. The predicted molar refractivity (Wildman–Crippen MR) is 93.1 cm³/mol. The zero-order valence-corrected chi connectivity index (χ0v) is 14.7. The van der Waals surface area contributed by atoms with E-state index in [1.807, 2.05) is 0 Å². The fourth-order valence-corrected chi connectivity index (χ4v) is 4.23. The number of nitrogens with zero attached hydrogens (tertiary/aromatic N) is 1. The first-order valence-electron chi connectivity index (χ1n) is 8.25. The van der Waals surface area contributed by atoms with Crippen LogP contribution in [0.15, 0.2) is 18.2 Å². The molecule has 6 nitrogen and oxygen atoms in total. The molecule has 2 unspecified atom stereocenters. The Balaban J connectivity index is 1.70. The van der Waals surface area contributed by atoms with Crippen molar-refractivity contribution in [3.05, 3.63) is 29.6 Å². The van der Waals surface area contributed by atoms with E-state index in [-0.39, 0.29) is 30.7 Å². The topological polar surface area (TPSA) is 78.9 Å². The highest BCUT2D eigenvalue weighted by molar-refractivity contribution is 7.99. The summed E-state index contributed by atoms with van der Waals surface area (Å²) < 4.78 is 19.8. The summed E-state index contributed by atoms with van der Waals surface area (Å²) in [7, 11) is 0. The van der Waals surface area contributed by atoms with Crippen LogP contribution in [0.1, 0.15) is 31.2 Å². The maximum Gasteiger partial charge on any atom is 0.414 e. The molecule has 2 N–H and O–H groups in total. The number of hydrogen-bond acceptors (Lipinski definition) is 5. The molecule has 2 aliphatic heterocycles. The lowest BCUT2D eigenvalue weighted by Crippen LogP contribution is -2.33. The molecule has 0 spiro atoms. The number of carbonyl (C=O) groups is 2. The lowest BCUT2D eigenvalue weighted by Gasteiger charge is -2.26. The van der Waals surface area contributed by atoms with E-state index in [0.29, 0.717) is 17.7 Å². The van der Waals surface area contributed by atoms with Crippen LogP contribution in [0.2, 0.25) is 0 Å². The zero-order chi connectivity index (χ0) is 18.0. The maximum atomic E-state index is 14.6. The summed E-state index contributed by atoms with van der Waals surface area (Å²) in [5.41, 5.74) is 0.550. The van der Waals surface area contributed by atoms with Gasteiger partial charge in [0.2, 0.25) is 5.91 Å². The molecule has 2 saturated heterocycles. The number of halogens is 1. The lowest BCUT2D eigenvalue weighted by molar-refractivity contribution is -0.119. The number of cyclic esters (lactones) is 1. The third-order valence-electron chi connectivity index (χ3n) is 4.45. The van der Waals surface area contributed by atoms with Crippen LogP contribution in [0.4, 0.5) is 14.9 Å². The van der Waals surface area contributed by atoms with Gasteiger partial charge in [-0.3, -0.25) is 9.69 Å². The van der Waals surface area contributed by atoms with Gasteiger partial charge in [-0.05, 0) is 42.2 Å². The van der Waals surface area contributed by atoms with Crippen molar-refractivity contribution in [3.63, 3.8) is 0 Å². The molecule has 2 fully saturated rings. The summed E-state index contributed by atoms with van der Waals surface area (Å²) in [5.74, 6) is 0.219. The Kier molecular flexibility index (Phi) is 5.48. The largest absolute Gasteiger partial charge is 0.442 e. The number of carbonyl (C=O) groups excluding carboxylic acids is 2. The Hall–Kier alpha value is -1.80. The van der Waals surface area contributed by atoms with Gasteiger partial charge in [-0.2, -0.15) is 0 Å². The number of nitrogens with one attached hydrogen (secondary N) is 1. The fourth-order valence-electron chi connectivity index (χ4n) is 3.17. The van der Waals surface area contributed by atoms with E-state index in [1.54, 1.807) is 12.1 Å². The van der Waals surface area contributed by atoms with Crippen LogP contribution in [0.3, 0.4) is 0 Å². The summed E-state index contributed by atoms with van der Waals surface area (Å²) in [6.07, 6.45) is 0.352. The zero-order valence-electron chi connectivity index (χ0n) is 13.9. The molecule has 1 aromatic rings. The number of aliphatic hydroxyl groups is 1. The van der Waals surface area contributed by atoms with Gasteiger partial charge in [-0.1, -0.05) is 6.07 Å². The quantitative estimate of drug-likeness (QED) is 0.852. The van der Waals surface area contributed by atoms with Crippen LogP contribution < -0.4 is 10.2 Å². The summed E-state index contributed by atoms with van der Waals surface area (Å²) in [4.78, 5) is 24.3. The molecule has 3 atom stereocenters. The second-order valence-corrected chi connectivity index (χ2v) is 7.59. The Bertz CT molecular complexity index is 672. The van der Waals surface area contributed by atoms with E-state index < -0.39 is 17.6 Å². The number of rotatable bonds is 4. The fraction of sp³-hybridized carbons (Fsp3) is 0.529. The minimum absolute atomic E-state index is 0.0108. The number of thioether (sulfide) groups is 1. The molecule has 136 valence electrons. The molecular weight excluding hydrogens is 347 g/mol. The van der Waals surface area contributed by atoms with E-state index >= 15 is 0 Å². The number of amides is 2. The first-order chi connectivity index (χ1) is 11.9. The maximum absolute atomic E-state index is 14.6. The molecule has 0 radical (unpaired) electrons. The van der Waals surface area contributed by atoms with Gasteiger partial charge in [0.05, 0.1) is 24.2 Å². The lowest BCUT2D eigenvalue weighted by atomic mass is 9.92. The van der Waals surface area contributed by atoms with Gasteiger partial charge in [-0.15, -0.1) is 11.8 Å². The minimum Gasteiger partial charge on any atom is -0.442 e. The van der Waals surface area contributed by atoms with Crippen LogP contribution in [0.25, 0.3) is 0 Å². The number of hydrogen-bond donors (Lipinski definition) is 2. The van der Waals surface area contributed by atoms with Crippen molar-refractivity contribution in [2.75, 3.05) is 23.7 Å². The first-order valence-corrected chi connectivity index (χ1v) is 9.30. The van der Waals surface area contributed by atoms with Gasteiger partial charge in [0.15, 0.2) is 0 Å². The first kappa shape index (κ1) is 18.0. The number of aliphatic hydroxyl groups excluding tert-OH is 1. The van der Waals surface area contributed by atoms with Crippen molar-refractivity contribution >= 4 is 29.4 Å². The van der Waals surface area contributed by atoms with Crippen molar-refractivity contribution in [2.45, 2.75) is 37.2 Å². The molecule has 0 bridgehead atoms. The molecule has 0 aromatic heterocycles. The number of ether oxygens (including phenoxy) is 1. The summed E-state index contributed by atoms with van der Waals surface area (Å²) >= 11 is 1.49. The van der Waals surface area contributed by atoms with Crippen LogP contribution in [0, 0.1) is 5.82 Å².